The van der Waals surface area contributed by atoms with Gasteiger partial charge in [0.15, 0.2) is 0 Å². The van der Waals surface area contributed by atoms with Gasteiger partial charge in [-0.25, -0.2) is 4.79 Å². The van der Waals surface area contributed by atoms with Gasteiger partial charge in [-0.15, -0.1) is 0 Å². The second-order valence-electron chi connectivity index (χ2n) is 7.12. The normalized spacial score (nSPS) is 38.8. The van der Waals surface area contributed by atoms with Crippen molar-refractivity contribution in [3.05, 3.63) is 0 Å². The summed E-state index contributed by atoms with van der Waals surface area (Å²) in [6, 6.07) is 0. The summed E-state index contributed by atoms with van der Waals surface area (Å²) in [5.41, 5.74) is 4.43. The van der Waals surface area contributed by atoms with Gasteiger partial charge in [-0.1, -0.05) is 20.8 Å². The molecule has 4 heteroatoms. The average Bonchev–Trinajstić information content (AvgIpc) is 2.68. The number of Topliss-reactive ketones (excluding diaryl/α,β-unsaturated/α-hetero) is 1. The van der Waals surface area contributed by atoms with E-state index in [4.69, 9.17) is 10.5 Å². The Kier molecular flexibility index (Phi) is 2.76. The molecule has 2 N–H and O–H groups in total. The lowest BCUT2D eigenvalue weighted by atomic mass is 9.67. The first-order chi connectivity index (χ1) is 8.11. The second-order valence-corrected chi connectivity index (χ2v) is 7.12. The number of ketones is 1. The molecule has 0 heterocycles. The number of nitrogens with two attached hydrogens (primary N) is 1. The average molecular weight is 253 g/mol. The van der Waals surface area contributed by atoms with Crippen molar-refractivity contribution >= 4 is 11.9 Å². The summed E-state index contributed by atoms with van der Waals surface area (Å²) in [4.78, 5) is 23.2. The first-order valence-electron chi connectivity index (χ1n) is 6.61. The minimum atomic E-state index is -0.717. The molecular formula is C14H23NO3. The first-order valence-corrected chi connectivity index (χ1v) is 6.61. The lowest BCUT2D eigenvalue weighted by Crippen LogP contribution is -2.45. The Bertz CT molecular complexity index is 398. The molecule has 0 aliphatic heterocycles. The quantitative estimate of drug-likeness (QED) is 0.822. The SMILES string of the molecule is CC(=O)C12CCC(OC(N)=O)(C1)C(C(C)(C)C)C2. The van der Waals surface area contributed by atoms with Gasteiger partial charge in [-0.2, -0.15) is 0 Å². The predicted molar refractivity (Wildman–Crippen MR) is 67.9 cm³/mol. The van der Waals surface area contributed by atoms with Crippen LogP contribution in [0.5, 0.6) is 0 Å². The molecule has 0 saturated heterocycles. The monoisotopic (exact) mass is 253 g/mol. The number of hydrogen-bond donors (Lipinski definition) is 1. The molecule has 3 atom stereocenters. The number of carbonyl (C=O) groups excluding carboxylic acids is 2. The largest absolute Gasteiger partial charge is 0.443 e. The van der Waals surface area contributed by atoms with E-state index in [-0.39, 0.29) is 22.5 Å². The van der Waals surface area contributed by atoms with E-state index in [0.29, 0.717) is 6.42 Å². The standard InChI is InChI=1S/C14H23NO3/c1-9(16)13-5-6-14(8-13,18-11(15)17)10(7-13)12(2,3)4/h10H,5-8H2,1-4H3,(H2,15,17). The van der Waals surface area contributed by atoms with Crippen molar-refractivity contribution in [1.82, 2.24) is 0 Å². The zero-order valence-electron chi connectivity index (χ0n) is 11.7. The van der Waals surface area contributed by atoms with Crippen molar-refractivity contribution in [3.63, 3.8) is 0 Å². The molecule has 0 aromatic heterocycles. The third kappa shape index (κ3) is 1.82. The van der Waals surface area contributed by atoms with Crippen molar-refractivity contribution in [1.29, 1.82) is 0 Å². The molecule has 1 amide bonds. The van der Waals surface area contributed by atoms with Gasteiger partial charge < -0.3 is 10.5 Å². The maximum Gasteiger partial charge on any atom is 0.405 e. The van der Waals surface area contributed by atoms with Gasteiger partial charge in [0.05, 0.1) is 0 Å². The molecular weight excluding hydrogens is 230 g/mol. The Hall–Kier alpha value is -1.06. The summed E-state index contributed by atoms with van der Waals surface area (Å²) >= 11 is 0. The van der Waals surface area contributed by atoms with Gasteiger partial charge in [-0.3, -0.25) is 4.79 Å². The minimum absolute atomic E-state index is 0.00701. The van der Waals surface area contributed by atoms with Crippen LogP contribution in [0.15, 0.2) is 0 Å². The summed E-state index contributed by atoms with van der Waals surface area (Å²) in [7, 11) is 0. The van der Waals surface area contributed by atoms with E-state index in [0.717, 1.165) is 19.3 Å². The van der Waals surface area contributed by atoms with Crippen molar-refractivity contribution in [3.8, 4) is 0 Å². The highest BCUT2D eigenvalue weighted by Crippen LogP contribution is 2.65. The Morgan fingerprint density at radius 2 is 1.89 bits per heavy atom. The predicted octanol–water partition coefficient (Wildman–Crippen LogP) is 2.65. The van der Waals surface area contributed by atoms with E-state index in [1.54, 1.807) is 6.92 Å². The molecule has 0 radical (unpaired) electrons. The van der Waals surface area contributed by atoms with Gasteiger partial charge in [0.2, 0.25) is 0 Å². The van der Waals surface area contributed by atoms with Gasteiger partial charge in [-0.05, 0) is 31.6 Å². The third-order valence-corrected chi connectivity index (χ3v) is 4.99. The molecule has 0 aromatic rings. The number of rotatable bonds is 2. The fourth-order valence-electron chi connectivity index (χ4n) is 4.15. The summed E-state index contributed by atoms with van der Waals surface area (Å²) in [5.74, 6) is 0.430. The van der Waals surface area contributed by atoms with Crippen LogP contribution in [0.4, 0.5) is 4.79 Å². The zero-order valence-corrected chi connectivity index (χ0v) is 11.7. The summed E-state index contributed by atoms with van der Waals surface area (Å²) < 4.78 is 5.49. The van der Waals surface area contributed by atoms with Crippen LogP contribution in [-0.2, 0) is 9.53 Å². The van der Waals surface area contributed by atoms with Gasteiger partial charge in [0.1, 0.15) is 11.4 Å². The van der Waals surface area contributed by atoms with Crippen LogP contribution in [0.2, 0.25) is 0 Å². The Morgan fingerprint density at radius 1 is 1.28 bits per heavy atom. The molecule has 3 unspecified atom stereocenters. The summed E-state index contributed by atoms with van der Waals surface area (Å²) in [6.07, 6.45) is 2.34. The fraction of sp³-hybridized carbons (Fsp3) is 0.857. The van der Waals surface area contributed by atoms with Gasteiger partial charge >= 0.3 is 6.09 Å². The molecule has 2 saturated carbocycles. The maximum absolute atomic E-state index is 12.0. The highest BCUT2D eigenvalue weighted by Gasteiger charge is 2.66. The van der Waals surface area contributed by atoms with Crippen LogP contribution in [0.25, 0.3) is 0 Å². The van der Waals surface area contributed by atoms with E-state index in [1.165, 1.54) is 0 Å². The van der Waals surface area contributed by atoms with Crippen molar-refractivity contribution < 1.29 is 14.3 Å². The summed E-state index contributed by atoms with van der Waals surface area (Å²) in [6.45, 7) is 8.07. The van der Waals surface area contributed by atoms with Crippen molar-refractivity contribution in [2.75, 3.05) is 0 Å². The Morgan fingerprint density at radius 3 is 2.33 bits per heavy atom. The molecule has 18 heavy (non-hydrogen) atoms. The highest BCUT2D eigenvalue weighted by molar-refractivity contribution is 5.84. The highest BCUT2D eigenvalue weighted by atomic mass is 16.6. The first kappa shape index (κ1) is 13.4. The van der Waals surface area contributed by atoms with Crippen molar-refractivity contribution in [2.24, 2.45) is 22.5 Å². The topological polar surface area (TPSA) is 69.4 Å². The van der Waals surface area contributed by atoms with Crippen LogP contribution in [0.1, 0.15) is 53.4 Å². The van der Waals surface area contributed by atoms with Crippen LogP contribution in [-0.4, -0.2) is 17.5 Å². The lowest BCUT2D eigenvalue weighted by molar-refractivity contribution is -0.126. The van der Waals surface area contributed by atoms with E-state index >= 15 is 0 Å². The second kappa shape index (κ2) is 3.72. The van der Waals surface area contributed by atoms with Gasteiger partial charge in [0, 0.05) is 17.8 Å². The Labute approximate surface area is 108 Å². The molecule has 2 fully saturated rings. The van der Waals surface area contributed by atoms with Crippen molar-refractivity contribution in [2.45, 2.75) is 59.0 Å². The molecule has 2 bridgehead atoms. The lowest BCUT2D eigenvalue weighted by Gasteiger charge is -2.42. The van der Waals surface area contributed by atoms with E-state index in [9.17, 15) is 9.59 Å². The van der Waals surface area contributed by atoms with Crippen LogP contribution in [0.3, 0.4) is 0 Å². The van der Waals surface area contributed by atoms with Crippen LogP contribution in [0, 0.1) is 16.7 Å². The van der Waals surface area contributed by atoms with E-state index < -0.39 is 11.7 Å². The molecule has 2 aliphatic carbocycles. The molecule has 102 valence electrons. The number of primary amides is 1. The van der Waals surface area contributed by atoms with Crippen LogP contribution >= 0.6 is 0 Å². The fourth-order valence-corrected chi connectivity index (χ4v) is 4.15. The molecule has 0 spiro atoms. The molecule has 2 rings (SSSR count). The molecule has 0 aromatic carbocycles. The summed E-state index contributed by atoms with van der Waals surface area (Å²) in [5, 5.41) is 0. The van der Waals surface area contributed by atoms with Crippen LogP contribution < -0.4 is 5.73 Å². The molecule has 4 nitrogen and oxygen atoms in total. The minimum Gasteiger partial charge on any atom is -0.443 e. The molecule has 2 aliphatic rings. The third-order valence-electron chi connectivity index (χ3n) is 4.99. The number of fused-ring (bicyclic) bond motifs is 2. The number of ether oxygens (including phenoxy) is 1. The number of amides is 1. The van der Waals surface area contributed by atoms with Gasteiger partial charge in [0.25, 0.3) is 0 Å². The van der Waals surface area contributed by atoms with E-state index in [1.807, 2.05) is 0 Å². The van der Waals surface area contributed by atoms with E-state index in [2.05, 4.69) is 20.8 Å². The Balaban J connectivity index is 2.37. The zero-order chi connectivity index (χ0) is 13.8. The number of carbonyl (C=O) groups is 2. The maximum atomic E-state index is 12.0. The number of hydrogen-bond acceptors (Lipinski definition) is 3. The smallest absolute Gasteiger partial charge is 0.405 e.